The van der Waals surface area contributed by atoms with Gasteiger partial charge in [-0.2, -0.15) is 0 Å². The Labute approximate surface area is 113 Å². The lowest BCUT2D eigenvalue weighted by atomic mass is 10.1. The quantitative estimate of drug-likeness (QED) is 0.680. The number of alkyl halides is 1. The maximum absolute atomic E-state index is 12.9. The lowest BCUT2D eigenvalue weighted by Gasteiger charge is -2.10. The van der Waals surface area contributed by atoms with Gasteiger partial charge in [0, 0.05) is 12.1 Å². The van der Waals surface area contributed by atoms with E-state index in [1.54, 1.807) is 6.92 Å². The smallest absolute Gasteiger partial charge is 0.321 e. The molecule has 98 valence electrons. The molecule has 18 heavy (non-hydrogen) atoms. The third-order valence-electron chi connectivity index (χ3n) is 2.33. The number of halogens is 2. The van der Waals surface area contributed by atoms with Crippen molar-refractivity contribution < 1.29 is 18.7 Å². The van der Waals surface area contributed by atoms with Crippen molar-refractivity contribution in [2.75, 3.05) is 13.7 Å². The summed E-state index contributed by atoms with van der Waals surface area (Å²) in [4.78, 5) is 22.3. The molecule has 6 heteroatoms. The van der Waals surface area contributed by atoms with Crippen LogP contribution in [-0.4, -0.2) is 30.4 Å². The summed E-state index contributed by atoms with van der Waals surface area (Å²) in [7, 11) is 1.27. The fraction of sp³-hybridized carbons (Fsp3) is 0.333. The molecule has 0 saturated carbocycles. The van der Waals surface area contributed by atoms with Gasteiger partial charge in [-0.25, -0.2) is 4.39 Å². The Morgan fingerprint density at radius 1 is 1.50 bits per heavy atom. The van der Waals surface area contributed by atoms with Crippen LogP contribution in [-0.2, 0) is 9.53 Å². The van der Waals surface area contributed by atoms with Gasteiger partial charge in [-0.05, 0) is 30.7 Å². The van der Waals surface area contributed by atoms with Crippen LogP contribution in [0.15, 0.2) is 18.2 Å². The third kappa shape index (κ3) is 3.80. The van der Waals surface area contributed by atoms with Gasteiger partial charge in [-0.1, -0.05) is 15.9 Å². The molecule has 1 amide bonds. The topological polar surface area (TPSA) is 55.4 Å². The molecule has 0 aliphatic heterocycles. The van der Waals surface area contributed by atoms with Crippen molar-refractivity contribution in [2.45, 2.75) is 11.8 Å². The van der Waals surface area contributed by atoms with E-state index in [4.69, 9.17) is 0 Å². The van der Waals surface area contributed by atoms with Crippen LogP contribution in [0, 0.1) is 12.7 Å². The van der Waals surface area contributed by atoms with Crippen LogP contribution >= 0.6 is 15.9 Å². The molecule has 0 heterocycles. The van der Waals surface area contributed by atoms with E-state index in [2.05, 4.69) is 26.0 Å². The van der Waals surface area contributed by atoms with E-state index >= 15 is 0 Å². The fourth-order valence-electron chi connectivity index (χ4n) is 1.37. The third-order valence-corrected chi connectivity index (χ3v) is 3.03. The summed E-state index contributed by atoms with van der Waals surface area (Å²) < 4.78 is 17.4. The zero-order chi connectivity index (χ0) is 13.7. The zero-order valence-corrected chi connectivity index (χ0v) is 11.6. The Hall–Kier alpha value is -1.43. The predicted octanol–water partition coefficient (Wildman–Crippen LogP) is 1.80. The number of rotatable bonds is 4. The minimum atomic E-state index is -0.604. The monoisotopic (exact) mass is 317 g/mol. The highest BCUT2D eigenvalue weighted by molar-refractivity contribution is 9.10. The van der Waals surface area contributed by atoms with Crippen molar-refractivity contribution in [1.29, 1.82) is 0 Å². The highest BCUT2D eigenvalue weighted by Gasteiger charge is 2.17. The number of hydrogen-bond acceptors (Lipinski definition) is 3. The summed E-state index contributed by atoms with van der Waals surface area (Å²) in [5, 5.41) is 2.57. The Balaban J connectivity index is 2.63. The molecule has 1 rings (SSSR count). The minimum Gasteiger partial charge on any atom is -0.468 e. The van der Waals surface area contributed by atoms with Gasteiger partial charge in [0.1, 0.15) is 10.6 Å². The normalized spacial score (nSPS) is 11.8. The number of benzene rings is 1. The number of esters is 1. The van der Waals surface area contributed by atoms with Crippen LogP contribution in [0.4, 0.5) is 4.39 Å². The van der Waals surface area contributed by atoms with Crippen LogP contribution in [0.3, 0.4) is 0 Å². The van der Waals surface area contributed by atoms with Gasteiger partial charge >= 0.3 is 5.97 Å². The molecule has 1 aromatic rings. The number of amides is 1. The van der Waals surface area contributed by atoms with Gasteiger partial charge < -0.3 is 10.1 Å². The Kier molecular flexibility index (Phi) is 5.27. The molecule has 0 aliphatic carbocycles. The Morgan fingerprint density at radius 2 is 2.17 bits per heavy atom. The van der Waals surface area contributed by atoms with Crippen LogP contribution in [0.25, 0.3) is 0 Å². The van der Waals surface area contributed by atoms with Crippen molar-refractivity contribution in [1.82, 2.24) is 5.32 Å². The van der Waals surface area contributed by atoms with E-state index in [0.717, 1.165) is 0 Å². The van der Waals surface area contributed by atoms with E-state index in [1.165, 1.54) is 25.3 Å². The second kappa shape index (κ2) is 6.49. The first-order valence-corrected chi connectivity index (χ1v) is 6.13. The van der Waals surface area contributed by atoms with Crippen LogP contribution < -0.4 is 5.32 Å². The SMILES string of the molecule is COC(=O)C(Br)CNC(=O)c1ccc(F)cc1C. The molecule has 0 saturated heterocycles. The molecule has 0 fully saturated rings. The second-order valence-corrected chi connectivity index (χ2v) is 4.77. The molecule has 4 nitrogen and oxygen atoms in total. The largest absolute Gasteiger partial charge is 0.468 e. The number of carbonyl (C=O) groups is 2. The summed E-state index contributed by atoms with van der Waals surface area (Å²) in [5.41, 5.74) is 0.914. The Bertz CT molecular complexity index is 465. The van der Waals surface area contributed by atoms with Gasteiger partial charge in [0.05, 0.1) is 7.11 Å². The van der Waals surface area contributed by atoms with E-state index in [9.17, 15) is 14.0 Å². The molecule has 1 N–H and O–H groups in total. The second-order valence-electron chi connectivity index (χ2n) is 3.66. The molecule has 0 bridgehead atoms. The molecule has 1 aromatic carbocycles. The van der Waals surface area contributed by atoms with E-state index < -0.39 is 16.6 Å². The molecule has 1 unspecified atom stereocenters. The van der Waals surface area contributed by atoms with Crippen LogP contribution in [0.1, 0.15) is 15.9 Å². The predicted molar refractivity (Wildman–Crippen MR) is 68.2 cm³/mol. The number of ether oxygens (including phenoxy) is 1. The molecular weight excluding hydrogens is 305 g/mol. The number of aryl methyl sites for hydroxylation is 1. The van der Waals surface area contributed by atoms with Crippen molar-refractivity contribution >= 4 is 27.8 Å². The fourth-order valence-corrected chi connectivity index (χ4v) is 1.72. The first kappa shape index (κ1) is 14.6. The van der Waals surface area contributed by atoms with E-state index in [0.29, 0.717) is 11.1 Å². The van der Waals surface area contributed by atoms with Crippen molar-refractivity contribution in [3.05, 3.63) is 35.1 Å². The van der Waals surface area contributed by atoms with Crippen molar-refractivity contribution in [3.8, 4) is 0 Å². The van der Waals surface area contributed by atoms with Gasteiger partial charge in [-0.3, -0.25) is 9.59 Å². The summed E-state index contributed by atoms with van der Waals surface area (Å²) >= 11 is 3.09. The summed E-state index contributed by atoms with van der Waals surface area (Å²) in [6.45, 7) is 1.74. The van der Waals surface area contributed by atoms with Crippen molar-refractivity contribution in [3.63, 3.8) is 0 Å². The number of nitrogens with one attached hydrogen (secondary N) is 1. The lowest BCUT2D eigenvalue weighted by Crippen LogP contribution is -2.34. The average Bonchev–Trinajstić information content (AvgIpc) is 2.34. The first-order chi connectivity index (χ1) is 8.45. The number of hydrogen-bond donors (Lipinski definition) is 1. The highest BCUT2D eigenvalue weighted by Crippen LogP contribution is 2.10. The Morgan fingerprint density at radius 3 is 2.72 bits per heavy atom. The van der Waals surface area contributed by atoms with E-state index in [-0.39, 0.29) is 12.5 Å². The average molecular weight is 318 g/mol. The highest BCUT2D eigenvalue weighted by atomic mass is 79.9. The number of methoxy groups -OCH3 is 1. The molecule has 1 atom stereocenters. The molecule has 0 spiro atoms. The molecule has 0 aliphatic rings. The first-order valence-electron chi connectivity index (χ1n) is 5.22. The van der Waals surface area contributed by atoms with Crippen LogP contribution in [0.5, 0.6) is 0 Å². The number of carbonyl (C=O) groups excluding carboxylic acids is 2. The summed E-state index contributed by atoms with van der Waals surface area (Å²) in [5.74, 6) is -1.22. The van der Waals surface area contributed by atoms with Crippen molar-refractivity contribution in [2.24, 2.45) is 0 Å². The molecule has 0 aromatic heterocycles. The van der Waals surface area contributed by atoms with Crippen LogP contribution in [0.2, 0.25) is 0 Å². The van der Waals surface area contributed by atoms with Gasteiger partial charge in [0.2, 0.25) is 0 Å². The lowest BCUT2D eigenvalue weighted by molar-refractivity contribution is -0.139. The maximum atomic E-state index is 12.9. The zero-order valence-electron chi connectivity index (χ0n) is 10.00. The maximum Gasteiger partial charge on any atom is 0.321 e. The van der Waals surface area contributed by atoms with Gasteiger partial charge in [0.15, 0.2) is 0 Å². The summed E-state index contributed by atoms with van der Waals surface area (Å²) in [6, 6.07) is 3.90. The van der Waals surface area contributed by atoms with Gasteiger partial charge in [0.25, 0.3) is 5.91 Å². The summed E-state index contributed by atoms with van der Waals surface area (Å²) in [6.07, 6.45) is 0. The standard InChI is InChI=1S/C12H13BrFNO3/c1-7-5-8(14)3-4-9(7)11(16)15-6-10(13)12(17)18-2/h3-5,10H,6H2,1-2H3,(H,15,16). The van der Waals surface area contributed by atoms with Gasteiger partial charge in [-0.15, -0.1) is 0 Å². The molecular formula is C12H13BrFNO3. The molecule has 0 radical (unpaired) electrons. The van der Waals surface area contributed by atoms with E-state index in [1.807, 2.05) is 0 Å². The minimum absolute atomic E-state index is 0.0995.